The summed E-state index contributed by atoms with van der Waals surface area (Å²) in [7, 11) is 0. The molecule has 30 heavy (non-hydrogen) atoms. The number of aromatic amines is 1. The summed E-state index contributed by atoms with van der Waals surface area (Å²) in [6.07, 6.45) is 3.51. The zero-order valence-corrected chi connectivity index (χ0v) is 16.4. The molecule has 6 N–H and O–H groups in total. The molecule has 2 heterocycles. The van der Waals surface area contributed by atoms with Gasteiger partial charge in [0.05, 0.1) is 37.5 Å². The summed E-state index contributed by atoms with van der Waals surface area (Å²) >= 11 is 0. The van der Waals surface area contributed by atoms with Crippen LogP contribution in [0.1, 0.15) is 17.0 Å². The van der Waals surface area contributed by atoms with Gasteiger partial charge < -0.3 is 26.5 Å². The van der Waals surface area contributed by atoms with Gasteiger partial charge in [0, 0.05) is 17.4 Å². The van der Waals surface area contributed by atoms with Crippen LogP contribution in [0.25, 0.3) is 11.1 Å². The number of aromatic nitrogens is 4. The Kier molecular flexibility index (Phi) is 5.86. The number of imidazole rings is 1. The molecule has 2 aromatic heterocycles. The molecule has 0 aliphatic rings. The maximum Gasteiger partial charge on any atom is 0.222 e. The van der Waals surface area contributed by atoms with E-state index in [1.165, 1.54) is 0 Å². The first-order valence-electron chi connectivity index (χ1n) is 9.54. The van der Waals surface area contributed by atoms with Crippen molar-refractivity contribution in [2.75, 3.05) is 16.8 Å². The number of hydrogen-bond donors (Lipinski definition) is 4. The minimum absolute atomic E-state index is 0.131. The van der Waals surface area contributed by atoms with Gasteiger partial charge in [-0.3, -0.25) is 0 Å². The smallest absolute Gasteiger partial charge is 0.222 e. The first-order valence-corrected chi connectivity index (χ1v) is 9.54. The van der Waals surface area contributed by atoms with E-state index in [1.54, 1.807) is 6.33 Å². The number of nitrogens with zero attached hydrogens (tertiary/aromatic N) is 3. The number of ether oxygens (including phenoxy) is 1. The van der Waals surface area contributed by atoms with Crippen molar-refractivity contribution >= 4 is 17.5 Å². The second-order valence-corrected chi connectivity index (χ2v) is 6.76. The molecule has 0 aliphatic carbocycles. The summed E-state index contributed by atoms with van der Waals surface area (Å²) < 4.78 is 5.86. The van der Waals surface area contributed by atoms with Crippen LogP contribution in [0.5, 0.6) is 0 Å². The Morgan fingerprint density at radius 1 is 0.933 bits per heavy atom. The van der Waals surface area contributed by atoms with Crippen molar-refractivity contribution in [2.45, 2.75) is 19.8 Å². The molecule has 0 saturated carbocycles. The molecule has 4 aromatic rings. The predicted molar refractivity (Wildman–Crippen MR) is 117 cm³/mol. The maximum atomic E-state index is 6.18. The average Bonchev–Trinajstić information content (AvgIpc) is 3.27. The van der Waals surface area contributed by atoms with Gasteiger partial charge in [-0.1, -0.05) is 42.5 Å². The van der Waals surface area contributed by atoms with Crippen LogP contribution in [0.4, 0.5) is 17.5 Å². The maximum absolute atomic E-state index is 6.18. The normalized spacial score (nSPS) is 10.8. The molecule has 0 radical (unpaired) electrons. The van der Waals surface area contributed by atoms with Gasteiger partial charge >= 0.3 is 0 Å². The number of nitrogen functional groups attached to an aromatic ring is 2. The first kappa shape index (κ1) is 19.4. The van der Waals surface area contributed by atoms with Gasteiger partial charge in [-0.2, -0.15) is 4.98 Å². The van der Waals surface area contributed by atoms with Crippen molar-refractivity contribution in [3.8, 4) is 11.1 Å². The fourth-order valence-corrected chi connectivity index (χ4v) is 3.14. The van der Waals surface area contributed by atoms with Gasteiger partial charge in [0.25, 0.3) is 0 Å². The molecule has 0 unspecified atom stereocenters. The molecule has 4 rings (SSSR count). The summed E-state index contributed by atoms with van der Waals surface area (Å²) in [5, 5.41) is 3.33. The van der Waals surface area contributed by atoms with E-state index in [1.807, 2.05) is 60.8 Å². The summed E-state index contributed by atoms with van der Waals surface area (Å²) in [5.41, 5.74) is 17.3. The summed E-state index contributed by atoms with van der Waals surface area (Å²) in [5.74, 6) is 0.463. The van der Waals surface area contributed by atoms with Crippen LogP contribution in [-0.4, -0.2) is 19.9 Å². The molecule has 8 nitrogen and oxygen atoms in total. The first-order chi connectivity index (χ1) is 14.7. The standard InChI is InChI=1S/C22H23N7O/c23-21-20(16-6-8-17(9-7-16)26-11-18-10-25-14-27-18)19(28-22(24)29-21)13-30-12-15-4-2-1-3-5-15/h1-10,14,26H,11-13H2,(H,25,27)(H4,23,24,28,29). The van der Waals surface area contributed by atoms with E-state index >= 15 is 0 Å². The van der Waals surface area contributed by atoms with Crippen molar-refractivity contribution in [3.63, 3.8) is 0 Å². The number of hydrogen-bond acceptors (Lipinski definition) is 7. The lowest BCUT2D eigenvalue weighted by atomic mass is 10.0. The van der Waals surface area contributed by atoms with Gasteiger partial charge in [-0.25, -0.2) is 9.97 Å². The Balaban J connectivity index is 1.49. The number of H-pyrrole nitrogens is 1. The highest BCUT2D eigenvalue weighted by Crippen LogP contribution is 2.30. The van der Waals surface area contributed by atoms with Crippen LogP contribution in [0, 0.1) is 0 Å². The number of benzene rings is 2. The highest BCUT2D eigenvalue weighted by molar-refractivity contribution is 5.77. The molecule has 0 spiro atoms. The van der Waals surface area contributed by atoms with Crippen molar-refractivity contribution < 1.29 is 4.74 Å². The number of nitrogens with two attached hydrogens (primary N) is 2. The summed E-state index contributed by atoms with van der Waals surface area (Å²) in [6, 6.07) is 17.9. The Hall–Kier alpha value is -3.91. The van der Waals surface area contributed by atoms with Gasteiger partial charge in [0.2, 0.25) is 5.95 Å². The Morgan fingerprint density at radius 3 is 2.47 bits per heavy atom. The lowest BCUT2D eigenvalue weighted by Gasteiger charge is -2.13. The lowest BCUT2D eigenvalue weighted by Crippen LogP contribution is -2.08. The van der Waals surface area contributed by atoms with Crippen molar-refractivity contribution in [3.05, 3.63) is 84.1 Å². The molecule has 0 saturated heterocycles. The third-order valence-electron chi connectivity index (χ3n) is 4.58. The minimum Gasteiger partial charge on any atom is -0.383 e. The summed E-state index contributed by atoms with van der Waals surface area (Å²) in [6.45, 7) is 1.38. The molecular formula is C22H23N7O. The minimum atomic E-state index is 0.131. The van der Waals surface area contributed by atoms with Crippen LogP contribution in [0.2, 0.25) is 0 Å². The van der Waals surface area contributed by atoms with E-state index in [2.05, 4.69) is 25.3 Å². The van der Waals surface area contributed by atoms with E-state index in [-0.39, 0.29) is 12.6 Å². The van der Waals surface area contributed by atoms with Gasteiger partial charge in [0.15, 0.2) is 0 Å². The second kappa shape index (κ2) is 9.06. The van der Waals surface area contributed by atoms with E-state index in [4.69, 9.17) is 16.2 Å². The van der Waals surface area contributed by atoms with Crippen LogP contribution < -0.4 is 16.8 Å². The zero-order valence-electron chi connectivity index (χ0n) is 16.4. The molecule has 0 bridgehead atoms. The molecule has 0 atom stereocenters. The monoisotopic (exact) mass is 401 g/mol. The zero-order chi connectivity index (χ0) is 20.8. The molecular weight excluding hydrogens is 378 g/mol. The molecule has 0 amide bonds. The highest BCUT2D eigenvalue weighted by atomic mass is 16.5. The Labute approximate surface area is 174 Å². The topological polar surface area (TPSA) is 128 Å². The van der Waals surface area contributed by atoms with Crippen molar-refractivity contribution in [1.82, 2.24) is 19.9 Å². The third kappa shape index (κ3) is 4.73. The van der Waals surface area contributed by atoms with Crippen molar-refractivity contribution in [2.24, 2.45) is 0 Å². The molecule has 2 aromatic carbocycles. The average molecular weight is 401 g/mol. The van der Waals surface area contributed by atoms with E-state index < -0.39 is 0 Å². The molecule has 152 valence electrons. The molecule has 0 aliphatic heterocycles. The van der Waals surface area contributed by atoms with Gasteiger partial charge in [0.1, 0.15) is 5.82 Å². The largest absolute Gasteiger partial charge is 0.383 e. The van der Waals surface area contributed by atoms with Crippen LogP contribution in [-0.2, 0) is 24.5 Å². The molecule has 8 heteroatoms. The predicted octanol–water partition coefficient (Wildman–Crippen LogP) is 3.36. The van der Waals surface area contributed by atoms with Gasteiger partial charge in [-0.15, -0.1) is 0 Å². The lowest BCUT2D eigenvalue weighted by molar-refractivity contribution is 0.105. The number of nitrogens with one attached hydrogen (secondary N) is 2. The fraction of sp³-hybridized carbons (Fsp3) is 0.136. The van der Waals surface area contributed by atoms with E-state index in [0.29, 0.717) is 24.7 Å². The van der Waals surface area contributed by atoms with Crippen LogP contribution >= 0.6 is 0 Å². The number of anilines is 3. The quantitative estimate of drug-likeness (QED) is 0.356. The molecule has 0 fully saturated rings. The highest BCUT2D eigenvalue weighted by Gasteiger charge is 2.14. The fourth-order valence-electron chi connectivity index (χ4n) is 3.14. The van der Waals surface area contributed by atoms with Crippen LogP contribution in [0.3, 0.4) is 0 Å². The van der Waals surface area contributed by atoms with Gasteiger partial charge in [-0.05, 0) is 23.3 Å². The SMILES string of the molecule is Nc1nc(N)c(-c2ccc(NCc3c[nH]cn3)cc2)c(COCc2ccccc2)n1. The Bertz CT molecular complexity index is 1080. The van der Waals surface area contributed by atoms with E-state index in [0.717, 1.165) is 28.1 Å². The number of rotatable bonds is 8. The van der Waals surface area contributed by atoms with Crippen molar-refractivity contribution in [1.29, 1.82) is 0 Å². The third-order valence-corrected chi connectivity index (χ3v) is 4.58. The van der Waals surface area contributed by atoms with Crippen LogP contribution in [0.15, 0.2) is 67.1 Å². The van der Waals surface area contributed by atoms with E-state index in [9.17, 15) is 0 Å². The Morgan fingerprint density at radius 2 is 1.73 bits per heavy atom. The summed E-state index contributed by atoms with van der Waals surface area (Å²) in [4.78, 5) is 15.6. The second-order valence-electron chi connectivity index (χ2n) is 6.76.